The van der Waals surface area contributed by atoms with Crippen molar-refractivity contribution in [2.24, 2.45) is 0 Å². The van der Waals surface area contributed by atoms with Gasteiger partial charge in [0.2, 0.25) is 5.75 Å². The van der Waals surface area contributed by atoms with Gasteiger partial charge in [0.05, 0.1) is 11.6 Å². The van der Waals surface area contributed by atoms with Crippen LogP contribution < -0.4 is 14.8 Å². The SMILES string of the molecule is CCNc1ncnc(Oc2cc(F)ccc2Br)c1OC. The second-order valence-corrected chi connectivity index (χ2v) is 4.62. The molecule has 1 aromatic carbocycles. The number of nitrogens with one attached hydrogen (secondary N) is 1. The molecule has 0 unspecified atom stereocenters. The summed E-state index contributed by atoms with van der Waals surface area (Å²) < 4.78 is 24.7. The van der Waals surface area contributed by atoms with Crippen molar-refractivity contribution < 1.29 is 13.9 Å². The lowest BCUT2D eigenvalue weighted by molar-refractivity contribution is 0.367. The van der Waals surface area contributed by atoms with Gasteiger partial charge in [0, 0.05) is 12.6 Å². The molecule has 106 valence electrons. The average molecular weight is 342 g/mol. The van der Waals surface area contributed by atoms with E-state index in [0.717, 1.165) is 0 Å². The van der Waals surface area contributed by atoms with Crippen LogP contribution in [0.1, 0.15) is 6.92 Å². The average Bonchev–Trinajstić information content (AvgIpc) is 2.43. The molecule has 0 amide bonds. The minimum Gasteiger partial charge on any atom is -0.489 e. The number of aromatic nitrogens is 2. The van der Waals surface area contributed by atoms with Crippen LogP contribution in [-0.4, -0.2) is 23.6 Å². The first kappa shape index (κ1) is 14.5. The van der Waals surface area contributed by atoms with Crippen LogP contribution in [-0.2, 0) is 0 Å². The van der Waals surface area contributed by atoms with Gasteiger partial charge in [0.25, 0.3) is 5.88 Å². The van der Waals surface area contributed by atoms with Gasteiger partial charge in [0.15, 0.2) is 5.82 Å². The normalized spacial score (nSPS) is 10.2. The van der Waals surface area contributed by atoms with Crippen molar-refractivity contribution in [3.63, 3.8) is 0 Å². The third-order valence-electron chi connectivity index (χ3n) is 2.42. The molecule has 7 heteroatoms. The minimum absolute atomic E-state index is 0.213. The van der Waals surface area contributed by atoms with E-state index in [1.165, 1.54) is 25.6 Å². The van der Waals surface area contributed by atoms with Crippen LogP contribution >= 0.6 is 15.9 Å². The summed E-state index contributed by atoms with van der Waals surface area (Å²) in [6.45, 7) is 2.61. The molecule has 0 fully saturated rings. The fraction of sp³-hybridized carbons (Fsp3) is 0.231. The fourth-order valence-corrected chi connectivity index (χ4v) is 1.89. The highest BCUT2D eigenvalue weighted by Crippen LogP contribution is 2.36. The lowest BCUT2D eigenvalue weighted by Crippen LogP contribution is -2.04. The minimum atomic E-state index is -0.400. The highest BCUT2D eigenvalue weighted by Gasteiger charge is 2.15. The number of hydrogen-bond donors (Lipinski definition) is 1. The molecule has 0 aliphatic heterocycles. The van der Waals surface area contributed by atoms with Gasteiger partial charge < -0.3 is 14.8 Å². The van der Waals surface area contributed by atoms with Crippen molar-refractivity contribution in [2.45, 2.75) is 6.92 Å². The summed E-state index contributed by atoms with van der Waals surface area (Å²) in [4.78, 5) is 8.09. The Balaban J connectivity index is 2.37. The first-order valence-corrected chi connectivity index (χ1v) is 6.70. The Morgan fingerprint density at radius 3 is 2.85 bits per heavy atom. The number of halogens is 2. The van der Waals surface area contributed by atoms with Crippen molar-refractivity contribution in [1.29, 1.82) is 0 Å². The third-order valence-corrected chi connectivity index (χ3v) is 3.07. The smallest absolute Gasteiger partial charge is 0.268 e. The van der Waals surface area contributed by atoms with Crippen LogP contribution in [0.3, 0.4) is 0 Å². The van der Waals surface area contributed by atoms with Crippen LogP contribution in [0.5, 0.6) is 17.4 Å². The number of anilines is 1. The van der Waals surface area contributed by atoms with E-state index in [2.05, 4.69) is 31.2 Å². The van der Waals surface area contributed by atoms with E-state index in [0.29, 0.717) is 28.3 Å². The molecule has 5 nitrogen and oxygen atoms in total. The molecule has 1 heterocycles. The Morgan fingerprint density at radius 2 is 2.15 bits per heavy atom. The molecule has 1 aromatic heterocycles. The molecule has 0 aliphatic carbocycles. The molecule has 2 aromatic rings. The van der Waals surface area contributed by atoms with Gasteiger partial charge in [0.1, 0.15) is 17.9 Å². The summed E-state index contributed by atoms with van der Waals surface area (Å²) in [6.07, 6.45) is 1.35. The molecule has 0 bridgehead atoms. The van der Waals surface area contributed by atoms with Crippen LogP contribution in [0.15, 0.2) is 29.0 Å². The van der Waals surface area contributed by atoms with Crippen LogP contribution in [0.25, 0.3) is 0 Å². The van der Waals surface area contributed by atoms with E-state index in [-0.39, 0.29) is 5.88 Å². The summed E-state index contributed by atoms with van der Waals surface area (Å²) in [6, 6.07) is 4.15. The van der Waals surface area contributed by atoms with Crippen LogP contribution in [0.2, 0.25) is 0 Å². The molecule has 0 aliphatic rings. The summed E-state index contributed by atoms with van der Waals surface area (Å²) in [7, 11) is 1.49. The molecule has 0 saturated heterocycles. The zero-order chi connectivity index (χ0) is 14.5. The molecule has 0 radical (unpaired) electrons. The van der Waals surface area contributed by atoms with Gasteiger partial charge in [-0.2, -0.15) is 4.98 Å². The quantitative estimate of drug-likeness (QED) is 0.900. The highest BCUT2D eigenvalue weighted by atomic mass is 79.9. The van der Waals surface area contributed by atoms with Crippen molar-refractivity contribution in [3.05, 3.63) is 34.8 Å². The van der Waals surface area contributed by atoms with Crippen LogP contribution in [0, 0.1) is 5.82 Å². The van der Waals surface area contributed by atoms with Crippen LogP contribution in [0.4, 0.5) is 10.2 Å². The predicted octanol–water partition coefficient (Wildman–Crippen LogP) is 3.61. The number of benzene rings is 1. The van der Waals surface area contributed by atoms with Gasteiger partial charge in [-0.05, 0) is 35.0 Å². The lowest BCUT2D eigenvalue weighted by atomic mass is 10.3. The van der Waals surface area contributed by atoms with E-state index in [9.17, 15) is 4.39 Å². The molecule has 2 rings (SSSR count). The Morgan fingerprint density at radius 1 is 1.35 bits per heavy atom. The van der Waals surface area contributed by atoms with Gasteiger partial charge >= 0.3 is 0 Å². The molecule has 20 heavy (non-hydrogen) atoms. The maximum Gasteiger partial charge on any atom is 0.268 e. The van der Waals surface area contributed by atoms with E-state index in [1.807, 2.05) is 6.92 Å². The zero-order valence-electron chi connectivity index (χ0n) is 11.0. The highest BCUT2D eigenvalue weighted by molar-refractivity contribution is 9.10. The first-order chi connectivity index (χ1) is 9.65. The Kier molecular flexibility index (Phi) is 4.73. The second kappa shape index (κ2) is 6.51. The third kappa shape index (κ3) is 3.16. The van der Waals surface area contributed by atoms with Gasteiger partial charge in [-0.15, -0.1) is 0 Å². The maximum atomic E-state index is 13.3. The largest absolute Gasteiger partial charge is 0.489 e. The zero-order valence-corrected chi connectivity index (χ0v) is 12.6. The fourth-order valence-electron chi connectivity index (χ4n) is 1.57. The van der Waals surface area contributed by atoms with E-state index < -0.39 is 5.82 Å². The number of methoxy groups -OCH3 is 1. The second-order valence-electron chi connectivity index (χ2n) is 3.77. The van der Waals surface area contributed by atoms with Crippen molar-refractivity contribution >= 4 is 21.7 Å². The Hall–Kier alpha value is -1.89. The topological polar surface area (TPSA) is 56.3 Å². The Labute approximate surface area is 124 Å². The van der Waals surface area contributed by atoms with Crippen molar-refractivity contribution in [1.82, 2.24) is 9.97 Å². The molecular weight excluding hydrogens is 329 g/mol. The maximum absolute atomic E-state index is 13.3. The number of ether oxygens (including phenoxy) is 2. The molecule has 0 atom stereocenters. The number of rotatable bonds is 5. The number of hydrogen-bond acceptors (Lipinski definition) is 5. The molecule has 1 N–H and O–H groups in total. The Bertz CT molecular complexity index is 610. The summed E-state index contributed by atoms with van der Waals surface area (Å²) in [5, 5.41) is 3.04. The van der Waals surface area contributed by atoms with Crippen molar-refractivity contribution in [2.75, 3.05) is 19.0 Å². The van der Waals surface area contributed by atoms with Crippen molar-refractivity contribution in [3.8, 4) is 17.4 Å². The molecule has 0 saturated carbocycles. The molecule has 0 spiro atoms. The molecular formula is C13H13BrFN3O2. The van der Waals surface area contributed by atoms with E-state index in [4.69, 9.17) is 9.47 Å². The lowest BCUT2D eigenvalue weighted by Gasteiger charge is -2.13. The van der Waals surface area contributed by atoms with Gasteiger partial charge in [-0.25, -0.2) is 9.37 Å². The summed E-state index contributed by atoms with van der Waals surface area (Å²) in [5.74, 6) is 1.01. The predicted molar refractivity (Wildman–Crippen MR) is 76.9 cm³/mol. The van der Waals surface area contributed by atoms with Gasteiger partial charge in [-0.1, -0.05) is 0 Å². The summed E-state index contributed by atoms with van der Waals surface area (Å²) in [5.41, 5.74) is 0. The van der Waals surface area contributed by atoms with Gasteiger partial charge in [-0.3, -0.25) is 0 Å². The number of nitrogens with zero attached hydrogens (tertiary/aromatic N) is 2. The first-order valence-electron chi connectivity index (χ1n) is 5.91. The monoisotopic (exact) mass is 341 g/mol. The summed E-state index contributed by atoms with van der Waals surface area (Å²) >= 11 is 3.29. The van der Waals surface area contributed by atoms with E-state index in [1.54, 1.807) is 6.07 Å². The standard InChI is InChI=1S/C13H13BrFN3O2/c1-3-16-12-11(19-2)13(18-7-17-12)20-10-6-8(15)4-5-9(10)14/h4-7H,3H2,1-2H3,(H,16,17,18). The van der Waals surface area contributed by atoms with E-state index >= 15 is 0 Å².